The molecule has 1 N–H and O–H groups in total. The average molecular weight is 370 g/mol. The van der Waals surface area contributed by atoms with Gasteiger partial charge in [0, 0.05) is 48.9 Å². The summed E-state index contributed by atoms with van der Waals surface area (Å²) >= 11 is 0. The van der Waals surface area contributed by atoms with Gasteiger partial charge in [0.05, 0.1) is 18.6 Å². The predicted molar refractivity (Wildman–Crippen MR) is 106 cm³/mol. The van der Waals surface area contributed by atoms with E-state index in [1.807, 2.05) is 25.3 Å². The van der Waals surface area contributed by atoms with Gasteiger partial charge in [0.15, 0.2) is 0 Å². The molecular formula is C21H27FN4O. The molecule has 144 valence electrons. The summed E-state index contributed by atoms with van der Waals surface area (Å²) in [6.45, 7) is 6.37. The number of fused-ring (bicyclic) bond motifs is 1. The number of rotatable bonds is 4. The number of nitrogens with zero attached hydrogens (tertiary/aromatic N) is 3. The summed E-state index contributed by atoms with van der Waals surface area (Å²) in [5.74, 6) is 0.0499. The van der Waals surface area contributed by atoms with E-state index in [2.05, 4.69) is 34.3 Å². The third kappa shape index (κ3) is 3.76. The molecule has 4 rings (SSSR count). The van der Waals surface area contributed by atoms with E-state index in [0.717, 1.165) is 36.1 Å². The number of hydrogen-bond acceptors (Lipinski definition) is 4. The van der Waals surface area contributed by atoms with Crippen molar-refractivity contribution in [3.63, 3.8) is 0 Å². The number of likely N-dealkylation sites (tertiary alicyclic amines) is 2. The number of pyridine rings is 1. The van der Waals surface area contributed by atoms with Crippen molar-refractivity contribution in [2.45, 2.75) is 44.9 Å². The lowest BCUT2D eigenvalue weighted by Crippen LogP contribution is -2.42. The number of carbonyl (C=O) groups is 1. The summed E-state index contributed by atoms with van der Waals surface area (Å²) in [6, 6.07) is 8.50. The lowest BCUT2D eigenvalue weighted by atomic mass is 10.1. The smallest absolute Gasteiger partial charge is 0.237 e. The van der Waals surface area contributed by atoms with E-state index in [4.69, 9.17) is 0 Å². The monoisotopic (exact) mass is 370 g/mol. The van der Waals surface area contributed by atoms with Gasteiger partial charge in [-0.05, 0) is 44.0 Å². The number of aromatic nitrogens is 1. The molecule has 0 radical (unpaired) electrons. The van der Waals surface area contributed by atoms with Crippen LogP contribution in [0.15, 0.2) is 30.5 Å². The molecule has 0 spiro atoms. The number of alkyl halides is 1. The highest BCUT2D eigenvalue weighted by Crippen LogP contribution is 2.28. The van der Waals surface area contributed by atoms with E-state index in [-0.39, 0.29) is 18.5 Å². The van der Waals surface area contributed by atoms with Crippen LogP contribution in [0, 0.1) is 6.92 Å². The van der Waals surface area contributed by atoms with Crippen LogP contribution in [0.4, 0.5) is 10.1 Å². The second kappa shape index (κ2) is 7.43. The van der Waals surface area contributed by atoms with Crippen molar-refractivity contribution in [2.24, 2.45) is 0 Å². The van der Waals surface area contributed by atoms with Crippen LogP contribution in [0.5, 0.6) is 0 Å². The summed E-state index contributed by atoms with van der Waals surface area (Å²) < 4.78 is 13.5. The Hall–Kier alpha value is -2.21. The van der Waals surface area contributed by atoms with E-state index >= 15 is 0 Å². The molecule has 2 saturated heterocycles. The molecular weight excluding hydrogens is 343 g/mol. The Morgan fingerprint density at radius 1 is 1.33 bits per heavy atom. The molecule has 0 saturated carbocycles. The third-order valence-electron chi connectivity index (χ3n) is 5.82. The number of aryl methyl sites for hydroxylation is 1. The van der Waals surface area contributed by atoms with E-state index in [9.17, 15) is 9.18 Å². The first-order valence-electron chi connectivity index (χ1n) is 9.78. The molecule has 1 aromatic carbocycles. The van der Waals surface area contributed by atoms with Crippen molar-refractivity contribution in [1.82, 2.24) is 14.8 Å². The number of amides is 1. The van der Waals surface area contributed by atoms with E-state index in [0.29, 0.717) is 19.0 Å². The molecule has 2 aliphatic rings. The fourth-order valence-electron chi connectivity index (χ4n) is 4.35. The summed E-state index contributed by atoms with van der Waals surface area (Å²) in [6.07, 6.45) is 2.39. The first kappa shape index (κ1) is 18.2. The standard InChI is InChI=1S/C21H27FN4O/c1-14-5-6-19-18(4-3-8-23-19)21(14)24-17-7-9-25(12-17)13-20(27)26-11-16(22)10-15(26)2/h3-6,8,15-17,24H,7,9-13H2,1-2H3/t15-,16+,17-/m1/s1. The maximum atomic E-state index is 13.5. The normalized spacial score (nSPS) is 26.0. The average Bonchev–Trinajstić information content (AvgIpc) is 3.23. The molecule has 27 heavy (non-hydrogen) atoms. The van der Waals surface area contributed by atoms with Gasteiger partial charge in [-0.3, -0.25) is 14.7 Å². The Labute approximate surface area is 159 Å². The van der Waals surface area contributed by atoms with Crippen LogP contribution in [0.3, 0.4) is 0 Å². The van der Waals surface area contributed by atoms with Crippen molar-refractivity contribution in [2.75, 3.05) is 31.5 Å². The van der Waals surface area contributed by atoms with Gasteiger partial charge in [0.2, 0.25) is 5.91 Å². The molecule has 6 heteroatoms. The topological polar surface area (TPSA) is 48.5 Å². The van der Waals surface area contributed by atoms with Crippen molar-refractivity contribution in [3.05, 3.63) is 36.0 Å². The largest absolute Gasteiger partial charge is 0.380 e. The molecule has 1 amide bonds. The SMILES string of the molecule is Cc1ccc2ncccc2c1N[C@@H]1CCN(CC(=O)N2C[C@@H](F)C[C@H]2C)C1. The van der Waals surface area contributed by atoms with Gasteiger partial charge >= 0.3 is 0 Å². The highest BCUT2D eigenvalue weighted by molar-refractivity contribution is 5.93. The lowest BCUT2D eigenvalue weighted by molar-refractivity contribution is -0.132. The zero-order valence-corrected chi connectivity index (χ0v) is 16.0. The number of halogens is 1. The Balaban J connectivity index is 1.39. The van der Waals surface area contributed by atoms with Crippen molar-refractivity contribution in [3.8, 4) is 0 Å². The maximum Gasteiger partial charge on any atom is 0.237 e. The minimum atomic E-state index is -0.875. The number of anilines is 1. The van der Waals surface area contributed by atoms with Crippen LogP contribution in [-0.2, 0) is 4.79 Å². The zero-order chi connectivity index (χ0) is 19.0. The molecule has 2 aromatic rings. The summed E-state index contributed by atoms with van der Waals surface area (Å²) in [5.41, 5.74) is 3.32. The van der Waals surface area contributed by atoms with E-state index in [1.165, 1.54) is 5.56 Å². The Bertz CT molecular complexity index is 842. The van der Waals surface area contributed by atoms with Crippen LogP contribution < -0.4 is 5.32 Å². The third-order valence-corrected chi connectivity index (χ3v) is 5.82. The van der Waals surface area contributed by atoms with Gasteiger partial charge in [-0.15, -0.1) is 0 Å². The van der Waals surface area contributed by atoms with Gasteiger partial charge in [-0.1, -0.05) is 6.07 Å². The number of carbonyl (C=O) groups excluding carboxylic acids is 1. The van der Waals surface area contributed by atoms with E-state index in [1.54, 1.807) is 4.90 Å². The van der Waals surface area contributed by atoms with Gasteiger partial charge in [-0.2, -0.15) is 0 Å². The molecule has 3 heterocycles. The summed E-state index contributed by atoms with van der Waals surface area (Å²) in [7, 11) is 0. The number of nitrogens with one attached hydrogen (secondary N) is 1. The Morgan fingerprint density at radius 3 is 2.96 bits per heavy atom. The summed E-state index contributed by atoms with van der Waals surface area (Å²) in [5, 5.41) is 4.81. The van der Waals surface area contributed by atoms with Gasteiger partial charge in [0.25, 0.3) is 0 Å². The van der Waals surface area contributed by atoms with Crippen LogP contribution in [0.1, 0.15) is 25.3 Å². The quantitative estimate of drug-likeness (QED) is 0.899. The highest BCUT2D eigenvalue weighted by atomic mass is 19.1. The molecule has 2 aliphatic heterocycles. The van der Waals surface area contributed by atoms with Crippen LogP contribution in [-0.4, -0.2) is 65.1 Å². The van der Waals surface area contributed by atoms with Gasteiger partial charge < -0.3 is 10.2 Å². The molecule has 3 atom stereocenters. The lowest BCUT2D eigenvalue weighted by Gasteiger charge is -2.24. The van der Waals surface area contributed by atoms with Gasteiger partial charge in [-0.25, -0.2) is 4.39 Å². The minimum Gasteiger partial charge on any atom is -0.380 e. The fraction of sp³-hybridized carbons (Fsp3) is 0.524. The number of hydrogen-bond donors (Lipinski definition) is 1. The van der Waals surface area contributed by atoms with Crippen LogP contribution >= 0.6 is 0 Å². The first-order valence-corrected chi connectivity index (χ1v) is 9.78. The van der Waals surface area contributed by atoms with Crippen LogP contribution in [0.2, 0.25) is 0 Å². The zero-order valence-electron chi connectivity index (χ0n) is 16.0. The maximum absolute atomic E-state index is 13.5. The Kier molecular flexibility index (Phi) is 5.00. The predicted octanol–water partition coefficient (Wildman–Crippen LogP) is 2.99. The second-order valence-electron chi connectivity index (χ2n) is 7.92. The summed E-state index contributed by atoms with van der Waals surface area (Å²) in [4.78, 5) is 20.9. The fourth-order valence-corrected chi connectivity index (χ4v) is 4.35. The first-order chi connectivity index (χ1) is 13.0. The van der Waals surface area contributed by atoms with Crippen LogP contribution in [0.25, 0.3) is 10.9 Å². The minimum absolute atomic E-state index is 0.00913. The molecule has 2 fully saturated rings. The molecule has 0 aliphatic carbocycles. The van der Waals surface area contributed by atoms with Crippen molar-refractivity contribution >= 4 is 22.5 Å². The molecule has 1 aromatic heterocycles. The molecule has 0 bridgehead atoms. The highest BCUT2D eigenvalue weighted by Gasteiger charge is 2.34. The van der Waals surface area contributed by atoms with Crippen molar-refractivity contribution < 1.29 is 9.18 Å². The Morgan fingerprint density at radius 2 is 2.19 bits per heavy atom. The number of benzene rings is 1. The van der Waals surface area contributed by atoms with Crippen molar-refractivity contribution in [1.29, 1.82) is 0 Å². The molecule has 0 unspecified atom stereocenters. The van der Waals surface area contributed by atoms with E-state index < -0.39 is 6.17 Å². The van der Waals surface area contributed by atoms with Gasteiger partial charge in [0.1, 0.15) is 6.17 Å². The molecule has 5 nitrogen and oxygen atoms in total. The second-order valence-corrected chi connectivity index (χ2v) is 7.92.